The number of aliphatic hydroxyl groups is 1. The van der Waals surface area contributed by atoms with Gasteiger partial charge in [0.05, 0.1) is 7.11 Å². The van der Waals surface area contributed by atoms with Crippen molar-refractivity contribution in [2.75, 3.05) is 12.4 Å². The molecular weight excluding hydrogens is 422 g/mol. The van der Waals surface area contributed by atoms with Crippen LogP contribution in [0.5, 0.6) is 5.75 Å². The van der Waals surface area contributed by atoms with Crippen LogP contribution < -0.4 is 10.1 Å². The highest BCUT2D eigenvalue weighted by atomic mass is 16.5. The van der Waals surface area contributed by atoms with Gasteiger partial charge in [-0.3, -0.25) is 4.79 Å². The van der Waals surface area contributed by atoms with E-state index in [-0.39, 0.29) is 5.91 Å². The minimum Gasteiger partial charge on any atom is -0.497 e. The van der Waals surface area contributed by atoms with Crippen LogP contribution in [0.3, 0.4) is 0 Å². The number of rotatable bonds is 8. The predicted octanol–water partition coefficient (Wildman–Crippen LogP) is 5.83. The van der Waals surface area contributed by atoms with Crippen molar-refractivity contribution in [1.29, 1.82) is 0 Å². The smallest absolute Gasteiger partial charge is 0.248 e. The van der Waals surface area contributed by atoms with Gasteiger partial charge in [0.1, 0.15) is 11.4 Å². The first-order valence-corrected chi connectivity index (χ1v) is 11.1. The number of hydrogen-bond acceptors (Lipinski definition) is 3. The van der Waals surface area contributed by atoms with Crippen LogP contribution in [-0.2, 0) is 16.8 Å². The summed E-state index contributed by atoms with van der Waals surface area (Å²) in [6, 6.07) is 34.2. The van der Waals surface area contributed by atoms with Crippen LogP contribution in [0.15, 0.2) is 115 Å². The fraction of sp³-hybridized carbons (Fsp3) is 0.100. The molecule has 0 aliphatic heterocycles. The van der Waals surface area contributed by atoms with Crippen LogP contribution in [0.2, 0.25) is 0 Å². The molecule has 0 aromatic heterocycles. The highest BCUT2D eigenvalue weighted by Gasteiger charge is 2.34. The Morgan fingerprint density at radius 3 is 2.15 bits per heavy atom. The molecule has 170 valence electrons. The molecule has 0 fully saturated rings. The molecule has 0 unspecified atom stereocenters. The second kappa shape index (κ2) is 10.6. The summed E-state index contributed by atoms with van der Waals surface area (Å²) in [5.74, 6) is 0.479. The Morgan fingerprint density at radius 1 is 0.853 bits per heavy atom. The molecule has 0 radical (unpaired) electrons. The maximum atomic E-state index is 12.8. The molecule has 0 saturated carbocycles. The van der Waals surface area contributed by atoms with Gasteiger partial charge in [-0.2, -0.15) is 0 Å². The third-order valence-electron chi connectivity index (χ3n) is 5.73. The average Bonchev–Trinajstić information content (AvgIpc) is 2.89. The van der Waals surface area contributed by atoms with Crippen molar-refractivity contribution < 1.29 is 14.6 Å². The minimum atomic E-state index is -1.33. The van der Waals surface area contributed by atoms with Gasteiger partial charge in [0.2, 0.25) is 5.91 Å². The fourth-order valence-corrected chi connectivity index (χ4v) is 3.97. The van der Waals surface area contributed by atoms with Gasteiger partial charge >= 0.3 is 0 Å². The van der Waals surface area contributed by atoms with E-state index in [0.717, 1.165) is 22.4 Å². The molecule has 0 spiro atoms. The molecule has 4 aromatic carbocycles. The van der Waals surface area contributed by atoms with Crippen LogP contribution in [0, 0.1) is 0 Å². The third-order valence-corrected chi connectivity index (χ3v) is 5.73. The molecule has 4 rings (SSSR count). The lowest BCUT2D eigenvalue weighted by atomic mass is 9.80. The number of amides is 1. The Kier molecular flexibility index (Phi) is 7.21. The van der Waals surface area contributed by atoms with E-state index in [2.05, 4.69) is 5.32 Å². The van der Waals surface area contributed by atoms with Gasteiger partial charge in [0.15, 0.2) is 0 Å². The van der Waals surface area contributed by atoms with Crippen molar-refractivity contribution in [2.45, 2.75) is 12.0 Å². The van der Waals surface area contributed by atoms with E-state index in [1.54, 1.807) is 13.2 Å². The number of para-hydroxylation sites is 1. The zero-order chi connectivity index (χ0) is 23.8. The van der Waals surface area contributed by atoms with E-state index in [0.29, 0.717) is 17.7 Å². The molecule has 4 aromatic rings. The number of anilines is 1. The van der Waals surface area contributed by atoms with Gasteiger partial charge in [-0.05, 0) is 41.0 Å². The predicted molar refractivity (Wildman–Crippen MR) is 137 cm³/mol. The number of ether oxygens (including phenoxy) is 1. The van der Waals surface area contributed by atoms with Crippen molar-refractivity contribution in [3.63, 3.8) is 0 Å². The second-order valence-corrected chi connectivity index (χ2v) is 8.03. The largest absolute Gasteiger partial charge is 0.497 e. The van der Waals surface area contributed by atoms with Crippen LogP contribution >= 0.6 is 0 Å². The maximum Gasteiger partial charge on any atom is 0.248 e. The Hall–Kier alpha value is -4.15. The van der Waals surface area contributed by atoms with Crippen LogP contribution in [-0.4, -0.2) is 18.1 Å². The molecule has 34 heavy (non-hydrogen) atoms. The summed E-state index contributed by atoms with van der Waals surface area (Å²) < 4.78 is 5.17. The van der Waals surface area contributed by atoms with E-state index in [1.165, 1.54) is 6.08 Å². The van der Waals surface area contributed by atoms with Gasteiger partial charge in [0, 0.05) is 23.7 Å². The molecule has 0 aliphatic carbocycles. The van der Waals surface area contributed by atoms with Crippen molar-refractivity contribution in [1.82, 2.24) is 0 Å². The van der Waals surface area contributed by atoms with E-state index in [1.807, 2.05) is 109 Å². The third kappa shape index (κ3) is 5.42. The summed E-state index contributed by atoms with van der Waals surface area (Å²) in [6.07, 6.45) is 3.59. The van der Waals surface area contributed by atoms with E-state index in [4.69, 9.17) is 4.74 Å². The lowest BCUT2D eigenvalue weighted by Gasteiger charge is -2.31. The summed E-state index contributed by atoms with van der Waals surface area (Å²) in [5, 5.41) is 15.0. The lowest BCUT2D eigenvalue weighted by molar-refractivity contribution is -0.111. The maximum absolute atomic E-state index is 12.8. The van der Waals surface area contributed by atoms with Crippen molar-refractivity contribution in [3.8, 4) is 5.75 Å². The first-order valence-electron chi connectivity index (χ1n) is 11.1. The number of benzene rings is 4. The second-order valence-electron chi connectivity index (χ2n) is 8.03. The highest BCUT2D eigenvalue weighted by molar-refractivity contribution is 6.02. The molecule has 0 aliphatic rings. The number of carbonyl (C=O) groups excluding carboxylic acids is 1. The summed E-state index contributed by atoms with van der Waals surface area (Å²) in [4.78, 5) is 12.8. The quantitative estimate of drug-likeness (QED) is 0.333. The number of hydrogen-bond donors (Lipinski definition) is 2. The molecule has 0 bridgehead atoms. The topological polar surface area (TPSA) is 58.6 Å². The molecule has 0 saturated heterocycles. The first-order chi connectivity index (χ1) is 16.6. The standard InChI is InChI=1S/C30H27NO3/c1-34-26-19-16-23(17-20-26)18-21-29(32)31-28-15-9-8-14-27(28)30(33,25-12-6-3-7-13-25)22-24-10-4-2-5-11-24/h2-21,33H,22H2,1H3,(H,31,32)/b21-18+/t30-/m0/s1. The van der Waals surface area contributed by atoms with Gasteiger partial charge in [-0.25, -0.2) is 0 Å². The highest BCUT2D eigenvalue weighted by Crippen LogP contribution is 2.37. The monoisotopic (exact) mass is 449 g/mol. The van der Waals surface area contributed by atoms with Crippen molar-refractivity contribution in [2.24, 2.45) is 0 Å². The van der Waals surface area contributed by atoms with Gasteiger partial charge < -0.3 is 15.2 Å². The van der Waals surface area contributed by atoms with Crippen LogP contribution in [0.4, 0.5) is 5.69 Å². The Morgan fingerprint density at radius 2 is 1.47 bits per heavy atom. The average molecular weight is 450 g/mol. The molecule has 1 amide bonds. The summed E-state index contributed by atoms with van der Waals surface area (Å²) in [5.41, 5.74) is 2.51. The molecule has 0 heterocycles. The van der Waals surface area contributed by atoms with Crippen molar-refractivity contribution in [3.05, 3.63) is 138 Å². The van der Waals surface area contributed by atoms with Crippen molar-refractivity contribution >= 4 is 17.7 Å². The SMILES string of the molecule is COc1ccc(/C=C/C(=O)Nc2ccccc2[C@](O)(Cc2ccccc2)c2ccccc2)cc1. The Balaban J connectivity index is 1.64. The molecule has 4 nitrogen and oxygen atoms in total. The number of nitrogens with one attached hydrogen (secondary N) is 1. The number of methoxy groups -OCH3 is 1. The molecule has 4 heteroatoms. The zero-order valence-electron chi connectivity index (χ0n) is 19.0. The Labute approximate surface area is 200 Å². The number of carbonyl (C=O) groups is 1. The summed E-state index contributed by atoms with van der Waals surface area (Å²) in [6.45, 7) is 0. The van der Waals surface area contributed by atoms with E-state index >= 15 is 0 Å². The normalized spacial score (nSPS) is 12.8. The Bertz CT molecular complexity index is 1250. The molecule has 2 N–H and O–H groups in total. The first kappa shape index (κ1) is 23.0. The van der Waals surface area contributed by atoms with E-state index in [9.17, 15) is 9.90 Å². The lowest BCUT2D eigenvalue weighted by Crippen LogP contribution is -2.31. The van der Waals surface area contributed by atoms with Crippen LogP contribution in [0.1, 0.15) is 22.3 Å². The zero-order valence-corrected chi connectivity index (χ0v) is 19.0. The molecular formula is C30H27NO3. The van der Waals surface area contributed by atoms with E-state index < -0.39 is 5.60 Å². The molecule has 1 atom stereocenters. The van der Waals surface area contributed by atoms with Gasteiger partial charge in [0.25, 0.3) is 0 Å². The van der Waals surface area contributed by atoms with Gasteiger partial charge in [-0.1, -0.05) is 91.0 Å². The fourth-order valence-electron chi connectivity index (χ4n) is 3.97. The summed E-state index contributed by atoms with van der Waals surface area (Å²) in [7, 11) is 1.62. The minimum absolute atomic E-state index is 0.279. The van der Waals surface area contributed by atoms with Crippen LogP contribution in [0.25, 0.3) is 6.08 Å². The van der Waals surface area contributed by atoms with Gasteiger partial charge in [-0.15, -0.1) is 0 Å². The summed E-state index contributed by atoms with van der Waals surface area (Å²) >= 11 is 0.